The molecule has 7 nitrogen and oxygen atoms in total. The number of rotatable bonds is 5. The maximum atomic E-state index is 12.7. The Morgan fingerprint density at radius 3 is 2.88 bits per heavy atom. The number of nitrogens with one attached hydrogen (secondary N) is 1. The Morgan fingerprint density at radius 1 is 1.42 bits per heavy atom. The number of aromatic nitrogens is 2. The van der Waals surface area contributed by atoms with Gasteiger partial charge in [0, 0.05) is 37.3 Å². The lowest BCUT2D eigenvalue weighted by Gasteiger charge is -2.32. The van der Waals surface area contributed by atoms with Gasteiger partial charge < -0.3 is 9.64 Å². The van der Waals surface area contributed by atoms with E-state index >= 15 is 0 Å². The van der Waals surface area contributed by atoms with E-state index < -0.39 is 0 Å². The molecule has 1 amide bonds. The summed E-state index contributed by atoms with van der Waals surface area (Å²) in [7, 11) is 0. The molecular weight excluding hydrogens is 328 g/mol. The van der Waals surface area contributed by atoms with Crippen LogP contribution in [0.1, 0.15) is 19.5 Å². The second kappa shape index (κ2) is 7.42. The minimum Gasteiger partial charge on any atom is -0.378 e. The molecule has 3 rings (SSSR count). The van der Waals surface area contributed by atoms with Gasteiger partial charge in [0.1, 0.15) is 0 Å². The summed E-state index contributed by atoms with van der Waals surface area (Å²) in [4.78, 5) is 31.7. The largest absolute Gasteiger partial charge is 0.378 e. The zero-order chi connectivity index (χ0) is 17.1. The predicted octanol–water partition coefficient (Wildman–Crippen LogP) is 0.729. The Labute approximate surface area is 144 Å². The maximum absolute atomic E-state index is 12.7. The molecule has 0 unspecified atom stereocenters. The fraction of sp³-hybridized carbons (Fsp3) is 0.562. The van der Waals surface area contributed by atoms with Crippen molar-refractivity contribution in [2.75, 3.05) is 26.3 Å². The highest BCUT2D eigenvalue weighted by atomic mass is 32.1. The van der Waals surface area contributed by atoms with Crippen LogP contribution in [0.15, 0.2) is 22.4 Å². The smallest absolute Gasteiger partial charge is 0.258 e. The van der Waals surface area contributed by atoms with Gasteiger partial charge in [-0.2, -0.15) is 0 Å². The quantitative estimate of drug-likeness (QED) is 0.860. The summed E-state index contributed by atoms with van der Waals surface area (Å²) in [5, 5.41) is 5.11. The van der Waals surface area contributed by atoms with Crippen molar-refractivity contribution < 1.29 is 9.53 Å². The standard InChI is InChI=1S/C16H22N4O3S/c1-11(2)14(15(22)19-3-6-23-7-4-19)17-10-12-9-13(21)20-5-8-24-16(20)18-12/h5,8-9,11,14,17H,3-4,6-7,10H2,1-2H3/t14-/m1/s1. The molecule has 2 aromatic rings. The van der Waals surface area contributed by atoms with Crippen LogP contribution in [0.2, 0.25) is 0 Å². The Balaban J connectivity index is 1.70. The highest BCUT2D eigenvalue weighted by Gasteiger charge is 2.27. The first-order valence-electron chi connectivity index (χ1n) is 8.12. The first-order chi connectivity index (χ1) is 11.6. The zero-order valence-corrected chi connectivity index (χ0v) is 14.7. The molecule has 3 heterocycles. The lowest BCUT2D eigenvalue weighted by Crippen LogP contribution is -2.52. The number of carbonyl (C=O) groups is 1. The molecule has 1 aliphatic heterocycles. The van der Waals surface area contributed by atoms with Crippen molar-refractivity contribution in [3.8, 4) is 0 Å². The molecule has 0 bridgehead atoms. The third kappa shape index (κ3) is 3.66. The third-order valence-corrected chi connectivity index (χ3v) is 4.87. The average molecular weight is 350 g/mol. The number of amides is 1. The van der Waals surface area contributed by atoms with Gasteiger partial charge in [0.05, 0.1) is 24.9 Å². The van der Waals surface area contributed by atoms with Crippen LogP contribution in [0.5, 0.6) is 0 Å². The molecule has 1 fully saturated rings. The van der Waals surface area contributed by atoms with Crippen molar-refractivity contribution in [1.82, 2.24) is 19.6 Å². The number of morpholine rings is 1. The number of nitrogens with zero attached hydrogens (tertiary/aromatic N) is 3. The van der Waals surface area contributed by atoms with Crippen LogP contribution < -0.4 is 10.9 Å². The fourth-order valence-corrected chi connectivity index (χ4v) is 3.52. The Morgan fingerprint density at radius 2 is 2.17 bits per heavy atom. The fourth-order valence-electron chi connectivity index (χ4n) is 2.78. The molecule has 2 aromatic heterocycles. The summed E-state index contributed by atoms with van der Waals surface area (Å²) in [6.07, 6.45) is 1.71. The molecule has 1 saturated heterocycles. The van der Waals surface area contributed by atoms with Crippen molar-refractivity contribution in [1.29, 1.82) is 0 Å². The van der Waals surface area contributed by atoms with E-state index in [-0.39, 0.29) is 23.4 Å². The van der Waals surface area contributed by atoms with Crippen LogP contribution in [-0.2, 0) is 16.1 Å². The van der Waals surface area contributed by atoms with Gasteiger partial charge in [0.2, 0.25) is 5.91 Å². The van der Waals surface area contributed by atoms with Crippen LogP contribution in [0.4, 0.5) is 0 Å². The first kappa shape index (κ1) is 17.1. The van der Waals surface area contributed by atoms with Gasteiger partial charge in [0.15, 0.2) is 4.96 Å². The summed E-state index contributed by atoms with van der Waals surface area (Å²) in [5.74, 6) is 0.231. The lowest BCUT2D eigenvalue weighted by molar-refractivity contribution is -0.138. The van der Waals surface area contributed by atoms with E-state index in [9.17, 15) is 9.59 Å². The molecule has 24 heavy (non-hydrogen) atoms. The molecule has 1 N–H and O–H groups in total. The highest BCUT2D eigenvalue weighted by molar-refractivity contribution is 7.15. The number of carbonyl (C=O) groups excluding carboxylic acids is 1. The average Bonchev–Trinajstić information content (AvgIpc) is 3.04. The molecule has 0 aliphatic carbocycles. The van der Waals surface area contributed by atoms with Gasteiger partial charge >= 0.3 is 0 Å². The topological polar surface area (TPSA) is 75.9 Å². The van der Waals surface area contributed by atoms with Gasteiger partial charge in [0.25, 0.3) is 5.56 Å². The number of hydrogen-bond acceptors (Lipinski definition) is 6. The van der Waals surface area contributed by atoms with Crippen molar-refractivity contribution in [2.45, 2.75) is 26.4 Å². The first-order valence-corrected chi connectivity index (χ1v) is 9.00. The summed E-state index contributed by atoms with van der Waals surface area (Å²) < 4.78 is 6.83. The van der Waals surface area contributed by atoms with Gasteiger partial charge in [-0.3, -0.25) is 19.3 Å². The third-order valence-electron chi connectivity index (χ3n) is 4.11. The molecule has 130 valence electrons. The van der Waals surface area contributed by atoms with Crippen LogP contribution in [-0.4, -0.2) is 52.5 Å². The van der Waals surface area contributed by atoms with Crippen LogP contribution >= 0.6 is 11.3 Å². The molecule has 0 saturated carbocycles. The second-order valence-corrected chi connectivity index (χ2v) is 7.05. The molecule has 0 aromatic carbocycles. The van der Waals surface area contributed by atoms with Crippen molar-refractivity contribution in [3.05, 3.63) is 33.7 Å². The SMILES string of the molecule is CC(C)[C@@H](NCc1cc(=O)n2ccsc2n1)C(=O)N1CCOCC1. The summed E-state index contributed by atoms with van der Waals surface area (Å²) in [6.45, 7) is 6.85. The highest BCUT2D eigenvalue weighted by Crippen LogP contribution is 2.10. The predicted molar refractivity (Wildman–Crippen MR) is 92.2 cm³/mol. The van der Waals surface area contributed by atoms with E-state index in [0.29, 0.717) is 43.5 Å². The minimum absolute atomic E-state index is 0.0854. The van der Waals surface area contributed by atoms with E-state index in [2.05, 4.69) is 10.3 Å². The summed E-state index contributed by atoms with van der Waals surface area (Å²) in [6, 6.07) is 1.22. The van der Waals surface area contributed by atoms with E-state index in [0.717, 1.165) is 0 Å². The van der Waals surface area contributed by atoms with Crippen molar-refractivity contribution in [3.63, 3.8) is 0 Å². The molecule has 1 atom stereocenters. The van der Waals surface area contributed by atoms with E-state index in [4.69, 9.17) is 4.74 Å². The number of thiazole rings is 1. The minimum atomic E-state index is -0.299. The maximum Gasteiger partial charge on any atom is 0.258 e. The van der Waals surface area contributed by atoms with Crippen molar-refractivity contribution >= 4 is 22.2 Å². The Kier molecular flexibility index (Phi) is 5.27. The number of hydrogen-bond donors (Lipinski definition) is 1. The second-order valence-electron chi connectivity index (χ2n) is 6.18. The molecule has 0 spiro atoms. The molecular formula is C16H22N4O3S. The lowest BCUT2D eigenvalue weighted by atomic mass is 10.0. The molecule has 1 aliphatic rings. The van der Waals surface area contributed by atoms with Gasteiger partial charge in [-0.1, -0.05) is 13.8 Å². The van der Waals surface area contributed by atoms with Crippen LogP contribution in [0.3, 0.4) is 0 Å². The monoisotopic (exact) mass is 350 g/mol. The number of ether oxygens (including phenoxy) is 1. The molecule has 0 radical (unpaired) electrons. The van der Waals surface area contributed by atoms with E-state index in [1.807, 2.05) is 24.1 Å². The van der Waals surface area contributed by atoms with Crippen LogP contribution in [0, 0.1) is 5.92 Å². The summed E-state index contributed by atoms with van der Waals surface area (Å²) in [5.41, 5.74) is 0.557. The number of fused-ring (bicyclic) bond motifs is 1. The Bertz CT molecular complexity index is 764. The van der Waals surface area contributed by atoms with Gasteiger partial charge in [-0.25, -0.2) is 4.98 Å². The normalized spacial score (nSPS) is 16.7. The Hall–Kier alpha value is -1.77. The van der Waals surface area contributed by atoms with Crippen LogP contribution in [0.25, 0.3) is 4.96 Å². The molecule has 8 heteroatoms. The van der Waals surface area contributed by atoms with E-state index in [1.54, 1.807) is 6.20 Å². The summed E-state index contributed by atoms with van der Waals surface area (Å²) >= 11 is 1.42. The van der Waals surface area contributed by atoms with E-state index in [1.165, 1.54) is 21.8 Å². The zero-order valence-electron chi connectivity index (χ0n) is 13.9. The van der Waals surface area contributed by atoms with Gasteiger partial charge in [-0.05, 0) is 5.92 Å². The van der Waals surface area contributed by atoms with Gasteiger partial charge in [-0.15, -0.1) is 11.3 Å². The van der Waals surface area contributed by atoms with Crippen molar-refractivity contribution in [2.24, 2.45) is 5.92 Å².